The summed E-state index contributed by atoms with van der Waals surface area (Å²) >= 11 is 6.40. The zero-order valence-corrected chi connectivity index (χ0v) is 13.7. The highest BCUT2D eigenvalue weighted by atomic mass is 79.9. The highest BCUT2D eigenvalue weighted by Crippen LogP contribution is 2.39. The molecular weight excluding hydrogens is 408 g/mol. The predicted octanol–water partition coefficient (Wildman–Crippen LogP) is 3.88. The number of benzene rings is 1. The third-order valence-corrected chi connectivity index (χ3v) is 3.51. The molecule has 2 rings (SSSR count). The fourth-order valence-corrected chi connectivity index (χ4v) is 2.81. The van der Waals surface area contributed by atoms with E-state index in [0.717, 1.165) is 0 Å². The van der Waals surface area contributed by atoms with Crippen molar-refractivity contribution in [2.75, 3.05) is 0 Å². The molecule has 1 heterocycles. The second-order valence-electron chi connectivity index (χ2n) is 3.89. The summed E-state index contributed by atoms with van der Waals surface area (Å²) < 4.78 is 6.24. The Morgan fingerprint density at radius 2 is 1.90 bits per heavy atom. The fourth-order valence-electron chi connectivity index (χ4n) is 1.48. The molecule has 0 unspecified atom stereocenters. The fraction of sp³-hybridized carbons (Fsp3) is 0.0833. The van der Waals surface area contributed by atoms with Gasteiger partial charge in [-0.15, -0.1) is 0 Å². The molecule has 21 heavy (non-hydrogen) atoms. The Labute approximate surface area is 136 Å². The molecule has 0 amide bonds. The van der Waals surface area contributed by atoms with Gasteiger partial charge in [-0.25, -0.2) is 4.98 Å². The lowest BCUT2D eigenvalue weighted by Gasteiger charge is -2.08. The van der Waals surface area contributed by atoms with E-state index in [1.807, 2.05) is 6.07 Å². The number of nitro benzene ring substituents is 1. The van der Waals surface area contributed by atoms with Gasteiger partial charge in [0, 0.05) is 17.8 Å². The van der Waals surface area contributed by atoms with Gasteiger partial charge in [-0.05, 0) is 44.8 Å². The first-order valence-electron chi connectivity index (χ1n) is 5.48. The van der Waals surface area contributed by atoms with Gasteiger partial charge in [-0.3, -0.25) is 10.1 Å². The average molecular weight is 414 g/mol. The van der Waals surface area contributed by atoms with Gasteiger partial charge in [0.1, 0.15) is 11.8 Å². The normalized spacial score (nSPS) is 10.0. The van der Waals surface area contributed by atoms with Gasteiger partial charge < -0.3 is 4.74 Å². The van der Waals surface area contributed by atoms with Crippen molar-refractivity contribution in [2.24, 2.45) is 0 Å². The van der Waals surface area contributed by atoms with Crippen LogP contribution in [0.15, 0.2) is 27.1 Å². The van der Waals surface area contributed by atoms with Crippen molar-refractivity contribution in [3.05, 3.63) is 48.6 Å². The van der Waals surface area contributed by atoms with Gasteiger partial charge >= 0.3 is 6.01 Å². The second-order valence-corrected chi connectivity index (χ2v) is 5.60. The van der Waals surface area contributed by atoms with E-state index in [4.69, 9.17) is 10.00 Å². The Kier molecular flexibility index (Phi) is 4.50. The predicted molar refractivity (Wildman–Crippen MR) is 80.1 cm³/mol. The van der Waals surface area contributed by atoms with Gasteiger partial charge in [0.15, 0.2) is 5.75 Å². The highest BCUT2D eigenvalue weighted by Gasteiger charge is 2.17. The molecule has 0 aliphatic rings. The number of nitro groups is 1. The number of halogens is 2. The SMILES string of the molecule is Cc1cc(C#N)nc(Oc2c(Br)cc([N+](=O)[O-])cc2Br)n1. The minimum absolute atomic E-state index is 0.0122. The second kappa shape index (κ2) is 6.15. The van der Waals surface area contributed by atoms with Crippen molar-refractivity contribution >= 4 is 37.5 Å². The third kappa shape index (κ3) is 3.53. The largest absolute Gasteiger partial charge is 0.422 e. The van der Waals surface area contributed by atoms with Crippen molar-refractivity contribution in [3.63, 3.8) is 0 Å². The zero-order chi connectivity index (χ0) is 15.6. The number of hydrogen-bond acceptors (Lipinski definition) is 6. The van der Waals surface area contributed by atoms with Crippen LogP contribution in [0.5, 0.6) is 11.8 Å². The average Bonchev–Trinajstić information content (AvgIpc) is 2.41. The van der Waals surface area contributed by atoms with Crippen molar-refractivity contribution in [2.45, 2.75) is 6.92 Å². The van der Waals surface area contributed by atoms with E-state index in [1.165, 1.54) is 18.2 Å². The van der Waals surface area contributed by atoms with Gasteiger partial charge in [0.2, 0.25) is 0 Å². The van der Waals surface area contributed by atoms with Crippen LogP contribution < -0.4 is 4.74 Å². The Balaban J connectivity index is 2.43. The van der Waals surface area contributed by atoms with E-state index in [0.29, 0.717) is 14.6 Å². The van der Waals surface area contributed by atoms with Crippen LogP contribution >= 0.6 is 31.9 Å². The summed E-state index contributed by atoms with van der Waals surface area (Å²) in [5.74, 6) is 0.287. The Bertz CT molecular complexity index is 751. The molecule has 0 fully saturated rings. The van der Waals surface area contributed by atoms with Crippen LogP contribution in [-0.4, -0.2) is 14.9 Å². The van der Waals surface area contributed by atoms with Gasteiger partial charge in [-0.1, -0.05) is 0 Å². The summed E-state index contributed by atoms with van der Waals surface area (Å²) in [6, 6.07) is 6.03. The molecular formula is C12H6Br2N4O3. The quantitative estimate of drug-likeness (QED) is 0.558. The maximum Gasteiger partial charge on any atom is 0.323 e. The Morgan fingerprint density at radius 3 is 2.43 bits per heavy atom. The number of aromatic nitrogens is 2. The summed E-state index contributed by atoms with van der Waals surface area (Å²) in [6.45, 7) is 1.70. The number of non-ortho nitro benzene ring substituents is 1. The molecule has 106 valence electrons. The van der Waals surface area contributed by atoms with E-state index in [-0.39, 0.29) is 23.1 Å². The Hall–Kier alpha value is -2.05. The highest BCUT2D eigenvalue weighted by molar-refractivity contribution is 9.11. The number of nitrogens with zero attached hydrogens (tertiary/aromatic N) is 4. The van der Waals surface area contributed by atoms with Crippen LogP contribution in [0.2, 0.25) is 0 Å². The van der Waals surface area contributed by atoms with Gasteiger partial charge in [0.25, 0.3) is 5.69 Å². The van der Waals surface area contributed by atoms with E-state index in [2.05, 4.69) is 41.8 Å². The van der Waals surface area contributed by atoms with Crippen LogP contribution in [0.25, 0.3) is 0 Å². The summed E-state index contributed by atoms with van der Waals surface area (Å²) in [5, 5.41) is 19.6. The summed E-state index contributed by atoms with van der Waals surface area (Å²) in [4.78, 5) is 18.2. The lowest BCUT2D eigenvalue weighted by Crippen LogP contribution is -1.98. The third-order valence-electron chi connectivity index (χ3n) is 2.34. The minimum Gasteiger partial charge on any atom is -0.422 e. The number of ether oxygens (including phenoxy) is 1. The number of nitriles is 1. The number of aryl methyl sites for hydroxylation is 1. The van der Waals surface area contributed by atoms with E-state index < -0.39 is 4.92 Å². The molecule has 0 aliphatic heterocycles. The molecule has 1 aromatic heterocycles. The van der Waals surface area contributed by atoms with E-state index in [9.17, 15) is 10.1 Å². The smallest absolute Gasteiger partial charge is 0.323 e. The first kappa shape index (κ1) is 15.3. The van der Waals surface area contributed by atoms with Crippen LogP contribution in [-0.2, 0) is 0 Å². The molecule has 0 radical (unpaired) electrons. The zero-order valence-electron chi connectivity index (χ0n) is 10.5. The standard InChI is InChI=1S/C12H6Br2N4O3/c1-6-2-7(5-15)17-12(16-6)21-11-9(13)3-8(18(19)20)4-10(11)14/h2-4H,1H3. The molecule has 9 heteroatoms. The molecule has 1 aromatic carbocycles. The molecule has 7 nitrogen and oxygen atoms in total. The summed E-state index contributed by atoms with van der Waals surface area (Å²) in [5.41, 5.74) is 0.654. The summed E-state index contributed by atoms with van der Waals surface area (Å²) in [6.07, 6.45) is 0. The molecule has 0 atom stereocenters. The van der Waals surface area contributed by atoms with Crippen molar-refractivity contribution < 1.29 is 9.66 Å². The maximum atomic E-state index is 10.8. The van der Waals surface area contributed by atoms with Crippen LogP contribution in [0, 0.1) is 28.4 Å². The first-order valence-corrected chi connectivity index (χ1v) is 7.06. The maximum absolute atomic E-state index is 10.8. The first-order chi connectivity index (χ1) is 9.90. The molecule has 0 saturated heterocycles. The van der Waals surface area contributed by atoms with Crippen molar-refractivity contribution in [1.29, 1.82) is 5.26 Å². The minimum atomic E-state index is -0.518. The number of rotatable bonds is 3. The molecule has 0 bridgehead atoms. The molecule has 0 saturated carbocycles. The number of hydrogen-bond donors (Lipinski definition) is 0. The monoisotopic (exact) mass is 412 g/mol. The molecule has 0 spiro atoms. The van der Waals surface area contributed by atoms with Crippen LogP contribution in [0.4, 0.5) is 5.69 Å². The summed E-state index contributed by atoms with van der Waals surface area (Å²) in [7, 11) is 0. The van der Waals surface area contributed by atoms with Gasteiger partial charge in [0.05, 0.1) is 13.9 Å². The lowest BCUT2D eigenvalue weighted by atomic mass is 10.3. The molecule has 0 N–H and O–H groups in total. The van der Waals surface area contributed by atoms with E-state index >= 15 is 0 Å². The van der Waals surface area contributed by atoms with Crippen LogP contribution in [0.3, 0.4) is 0 Å². The van der Waals surface area contributed by atoms with Crippen molar-refractivity contribution in [1.82, 2.24) is 9.97 Å². The van der Waals surface area contributed by atoms with Gasteiger partial charge in [-0.2, -0.15) is 10.2 Å². The topological polar surface area (TPSA) is 102 Å². The lowest BCUT2D eigenvalue weighted by molar-refractivity contribution is -0.385. The van der Waals surface area contributed by atoms with E-state index in [1.54, 1.807) is 6.92 Å². The van der Waals surface area contributed by atoms with Crippen molar-refractivity contribution in [3.8, 4) is 17.8 Å². The molecule has 0 aliphatic carbocycles. The molecule has 2 aromatic rings. The Morgan fingerprint density at radius 1 is 1.29 bits per heavy atom. The van der Waals surface area contributed by atoms with Crippen LogP contribution in [0.1, 0.15) is 11.4 Å².